The van der Waals surface area contributed by atoms with Crippen LogP contribution in [0.2, 0.25) is 0 Å². The van der Waals surface area contributed by atoms with E-state index in [1.807, 2.05) is 24.3 Å². The predicted octanol–water partition coefficient (Wildman–Crippen LogP) is 0.840. The Morgan fingerprint density at radius 2 is 2.31 bits per heavy atom. The third-order valence-electron chi connectivity index (χ3n) is 2.40. The van der Waals surface area contributed by atoms with E-state index in [2.05, 4.69) is 4.90 Å². The number of nitrogens with two attached hydrogens (primary N) is 1. The van der Waals surface area contributed by atoms with Crippen LogP contribution in [0.3, 0.4) is 0 Å². The normalized spacial score (nSPS) is 22.2. The lowest BCUT2D eigenvalue weighted by molar-refractivity contribution is 0.198. The van der Waals surface area contributed by atoms with Gasteiger partial charge in [0.05, 0.1) is 6.10 Å². The van der Waals surface area contributed by atoms with Gasteiger partial charge in [-0.1, -0.05) is 6.07 Å². The molecule has 2 rings (SSSR count). The van der Waals surface area contributed by atoms with Gasteiger partial charge in [-0.15, -0.1) is 0 Å². The first kappa shape index (κ1) is 8.38. The average molecular weight is 178 g/mol. The zero-order valence-corrected chi connectivity index (χ0v) is 7.48. The molecule has 0 aliphatic carbocycles. The largest absolute Gasteiger partial charge is 0.399 e. The second-order valence-corrected chi connectivity index (χ2v) is 3.48. The van der Waals surface area contributed by atoms with Crippen molar-refractivity contribution in [1.82, 2.24) is 0 Å². The van der Waals surface area contributed by atoms with Crippen LogP contribution in [-0.2, 0) is 0 Å². The Kier molecular flexibility index (Phi) is 2.10. The van der Waals surface area contributed by atoms with Gasteiger partial charge >= 0.3 is 0 Å². The molecule has 0 bridgehead atoms. The Morgan fingerprint density at radius 1 is 1.46 bits per heavy atom. The summed E-state index contributed by atoms with van der Waals surface area (Å²) in [6, 6.07) is 7.78. The Hall–Kier alpha value is -1.22. The second-order valence-electron chi connectivity index (χ2n) is 3.48. The van der Waals surface area contributed by atoms with Crippen LogP contribution < -0.4 is 10.6 Å². The minimum atomic E-state index is -0.179. The fourth-order valence-electron chi connectivity index (χ4n) is 1.70. The summed E-state index contributed by atoms with van der Waals surface area (Å²) in [6.45, 7) is 1.65. The molecule has 3 nitrogen and oxygen atoms in total. The molecule has 0 saturated carbocycles. The smallest absolute Gasteiger partial charge is 0.0731 e. The van der Waals surface area contributed by atoms with E-state index >= 15 is 0 Å². The number of aliphatic hydroxyl groups excluding tert-OH is 1. The second kappa shape index (κ2) is 3.26. The van der Waals surface area contributed by atoms with Crippen molar-refractivity contribution in [2.24, 2.45) is 0 Å². The fourth-order valence-corrected chi connectivity index (χ4v) is 1.70. The third-order valence-corrected chi connectivity index (χ3v) is 2.40. The van der Waals surface area contributed by atoms with Crippen molar-refractivity contribution in [2.45, 2.75) is 12.5 Å². The highest BCUT2D eigenvalue weighted by atomic mass is 16.3. The molecular formula is C10H14N2O. The molecule has 3 N–H and O–H groups in total. The summed E-state index contributed by atoms with van der Waals surface area (Å²) in [5, 5.41) is 9.36. The van der Waals surface area contributed by atoms with Crippen molar-refractivity contribution in [3.63, 3.8) is 0 Å². The molecule has 13 heavy (non-hydrogen) atoms. The first-order valence-electron chi connectivity index (χ1n) is 4.54. The molecule has 1 unspecified atom stereocenters. The number of hydrogen-bond acceptors (Lipinski definition) is 3. The maximum absolute atomic E-state index is 9.36. The molecule has 1 atom stereocenters. The lowest BCUT2D eigenvalue weighted by atomic mass is 10.2. The molecule has 3 heteroatoms. The van der Waals surface area contributed by atoms with Crippen LogP contribution >= 0.6 is 0 Å². The first-order chi connectivity index (χ1) is 6.25. The van der Waals surface area contributed by atoms with Gasteiger partial charge in [0.15, 0.2) is 0 Å². The minimum absolute atomic E-state index is 0.179. The molecule has 0 radical (unpaired) electrons. The fraction of sp³-hybridized carbons (Fsp3) is 0.400. The summed E-state index contributed by atoms with van der Waals surface area (Å²) in [4.78, 5) is 2.15. The zero-order chi connectivity index (χ0) is 9.26. The van der Waals surface area contributed by atoms with E-state index in [4.69, 9.17) is 5.73 Å². The minimum Gasteiger partial charge on any atom is -0.399 e. The van der Waals surface area contributed by atoms with E-state index in [0.29, 0.717) is 0 Å². The van der Waals surface area contributed by atoms with Crippen molar-refractivity contribution in [3.8, 4) is 0 Å². The SMILES string of the molecule is Nc1cccc(N2CCC(O)C2)c1. The third kappa shape index (κ3) is 1.75. The number of β-amino-alcohol motifs (C(OH)–C–C–N with tert-alkyl or cyclic N) is 1. The topological polar surface area (TPSA) is 49.5 Å². The Balaban J connectivity index is 2.16. The first-order valence-corrected chi connectivity index (χ1v) is 4.54. The van der Waals surface area contributed by atoms with E-state index < -0.39 is 0 Å². The summed E-state index contributed by atoms with van der Waals surface area (Å²) in [5.41, 5.74) is 7.56. The number of anilines is 2. The maximum Gasteiger partial charge on any atom is 0.0731 e. The molecule has 1 saturated heterocycles. The number of aliphatic hydroxyl groups is 1. The van der Waals surface area contributed by atoms with E-state index in [9.17, 15) is 5.11 Å². The van der Waals surface area contributed by atoms with Gasteiger partial charge in [0, 0.05) is 24.5 Å². The summed E-state index contributed by atoms with van der Waals surface area (Å²) >= 11 is 0. The van der Waals surface area contributed by atoms with Crippen LogP contribution in [0, 0.1) is 0 Å². The highest BCUT2D eigenvalue weighted by molar-refractivity contribution is 5.56. The number of nitrogen functional groups attached to an aromatic ring is 1. The van der Waals surface area contributed by atoms with Gasteiger partial charge in [0.2, 0.25) is 0 Å². The van der Waals surface area contributed by atoms with E-state index in [1.165, 1.54) is 0 Å². The monoisotopic (exact) mass is 178 g/mol. The quantitative estimate of drug-likeness (QED) is 0.626. The van der Waals surface area contributed by atoms with E-state index in [0.717, 1.165) is 30.9 Å². The molecule has 1 aromatic carbocycles. The summed E-state index contributed by atoms with van der Waals surface area (Å²) in [6.07, 6.45) is 0.677. The van der Waals surface area contributed by atoms with Gasteiger partial charge in [-0.3, -0.25) is 0 Å². The van der Waals surface area contributed by atoms with Crippen LogP contribution in [0.4, 0.5) is 11.4 Å². The van der Waals surface area contributed by atoms with Gasteiger partial charge in [-0.2, -0.15) is 0 Å². The zero-order valence-electron chi connectivity index (χ0n) is 7.48. The van der Waals surface area contributed by atoms with Crippen molar-refractivity contribution < 1.29 is 5.11 Å². The number of benzene rings is 1. The lowest BCUT2D eigenvalue weighted by Gasteiger charge is -2.17. The van der Waals surface area contributed by atoms with Gasteiger partial charge in [-0.25, -0.2) is 0 Å². The van der Waals surface area contributed by atoms with Crippen LogP contribution in [-0.4, -0.2) is 24.3 Å². The Labute approximate surface area is 77.8 Å². The highest BCUT2D eigenvalue weighted by Crippen LogP contribution is 2.21. The highest BCUT2D eigenvalue weighted by Gasteiger charge is 2.19. The maximum atomic E-state index is 9.36. The molecule has 1 aromatic rings. The lowest BCUT2D eigenvalue weighted by Crippen LogP contribution is -2.21. The van der Waals surface area contributed by atoms with Gasteiger partial charge in [-0.05, 0) is 24.6 Å². The molecular weight excluding hydrogens is 164 g/mol. The summed E-state index contributed by atoms with van der Waals surface area (Å²) < 4.78 is 0. The van der Waals surface area contributed by atoms with Crippen LogP contribution in [0.15, 0.2) is 24.3 Å². The van der Waals surface area contributed by atoms with E-state index in [1.54, 1.807) is 0 Å². The summed E-state index contributed by atoms with van der Waals surface area (Å²) in [5.74, 6) is 0. The average Bonchev–Trinajstić information content (AvgIpc) is 2.52. The molecule has 1 aliphatic rings. The van der Waals surface area contributed by atoms with Crippen molar-refractivity contribution in [1.29, 1.82) is 0 Å². The Bertz CT molecular complexity index is 301. The molecule has 70 valence electrons. The van der Waals surface area contributed by atoms with Crippen LogP contribution in [0.1, 0.15) is 6.42 Å². The van der Waals surface area contributed by atoms with Crippen LogP contribution in [0.25, 0.3) is 0 Å². The van der Waals surface area contributed by atoms with Crippen molar-refractivity contribution in [3.05, 3.63) is 24.3 Å². The van der Waals surface area contributed by atoms with Crippen molar-refractivity contribution in [2.75, 3.05) is 23.7 Å². The summed E-state index contributed by atoms with van der Waals surface area (Å²) in [7, 11) is 0. The van der Waals surface area contributed by atoms with Gasteiger partial charge < -0.3 is 15.7 Å². The molecule has 0 amide bonds. The van der Waals surface area contributed by atoms with Gasteiger partial charge in [0.25, 0.3) is 0 Å². The molecule has 1 fully saturated rings. The van der Waals surface area contributed by atoms with Crippen molar-refractivity contribution >= 4 is 11.4 Å². The molecule has 1 heterocycles. The molecule has 0 spiro atoms. The number of hydrogen-bond donors (Lipinski definition) is 2. The standard InChI is InChI=1S/C10H14N2O/c11-8-2-1-3-9(6-8)12-5-4-10(13)7-12/h1-3,6,10,13H,4-5,7,11H2. The number of rotatable bonds is 1. The molecule has 0 aromatic heterocycles. The number of nitrogens with zero attached hydrogens (tertiary/aromatic N) is 1. The Morgan fingerprint density at radius 3 is 2.92 bits per heavy atom. The van der Waals surface area contributed by atoms with Crippen LogP contribution in [0.5, 0.6) is 0 Å². The van der Waals surface area contributed by atoms with E-state index in [-0.39, 0.29) is 6.10 Å². The van der Waals surface area contributed by atoms with Gasteiger partial charge in [0.1, 0.15) is 0 Å². The predicted molar refractivity (Wildman–Crippen MR) is 53.7 cm³/mol. The molecule has 1 aliphatic heterocycles.